The summed E-state index contributed by atoms with van der Waals surface area (Å²) in [4.78, 5) is 71.0. The SMILES string of the molecule is COC(=O)N[C@H](C(=O)N1CCC[C@H]1c1ncc(-c2ccc3c(c2)C(F)(F)C(F)(F)c2cc(-c4ccc5nc([C@@H]6C7=C[C@@H](CC7)N6C(=O)[C@@H](NC(=O)OC)C(C)C)[nH]c5c4)ccc2-3)[nH]1)C(C)C. The quantitative estimate of drug-likeness (QED) is 0.0794. The Morgan fingerprint density at radius 3 is 1.98 bits per heavy atom. The van der Waals surface area contributed by atoms with Gasteiger partial charge in [-0.2, -0.15) is 17.6 Å². The van der Waals surface area contributed by atoms with E-state index in [1.165, 1.54) is 32.5 Å². The third kappa shape index (κ3) is 7.33. The Kier molecular flexibility index (Phi) is 11.2. The van der Waals surface area contributed by atoms with Crippen LogP contribution >= 0.6 is 0 Å². The van der Waals surface area contributed by atoms with E-state index >= 15 is 17.6 Å². The van der Waals surface area contributed by atoms with Gasteiger partial charge in [0.15, 0.2) is 0 Å². The number of imidazole rings is 2. The minimum absolute atomic E-state index is 0.0254. The van der Waals surface area contributed by atoms with Crippen LogP contribution in [0.15, 0.2) is 72.4 Å². The highest BCUT2D eigenvalue weighted by molar-refractivity contribution is 5.89. The van der Waals surface area contributed by atoms with Crippen molar-refractivity contribution in [2.75, 3.05) is 20.8 Å². The number of alkyl halides is 4. The topological polar surface area (TPSA) is 175 Å². The highest BCUT2D eigenvalue weighted by Gasteiger charge is 2.63. The molecule has 3 aromatic carbocycles. The molecule has 0 saturated carbocycles. The van der Waals surface area contributed by atoms with Crippen LogP contribution in [0.5, 0.6) is 0 Å². The minimum Gasteiger partial charge on any atom is -0.453 e. The van der Waals surface area contributed by atoms with E-state index in [9.17, 15) is 19.2 Å². The molecule has 5 atom stereocenters. The second kappa shape index (κ2) is 16.6. The fourth-order valence-corrected chi connectivity index (χ4v) is 9.95. The number of fused-ring (bicyclic) bond motifs is 5. The van der Waals surface area contributed by atoms with Crippen LogP contribution < -0.4 is 10.6 Å². The van der Waals surface area contributed by atoms with Gasteiger partial charge < -0.3 is 39.9 Å². The third-order valence-corrected chi connectivity index (χ3v) is 13.4. The number of nitrogens with one attached hydrogen (secondary N) is 4. The standard InChI is InChI=1S/C48H50F4N8O6/c1-23(2)38(57-45(63)65-5)43(61)59-17-7-8-37(59)41-53-22-36(56-41)27-11-15-31-30-14-10-25(19-32(30)47(49,50)48(51,52)33(31)20-27)26-12-16-34-35(21-26)55-42(54-34)40-28-9-13-29(18-28)60(40)44(62)39(24(3)4)58-46(64)66-6/h10-12,14-16,18-24,29,37-40H,7-9,13,17H2,1-6H3,(H,53,56)(H,54,55)(H,57,63)(H,58,64)/t29-,37+,38+,39+,40+/m1/s1. The van der Waals surface area contributed by atoms with Crippen molar-refractivity contribution in [3.8, 4) is 33.5 Å². The molecule has 2 bridgehead atoms. The van der Waals surface area contributed by atoms with Crippen molar-refractivity contribution >= 4 is 35.0 Å². The minimum atomic E-state index is -4.60. The molecule has 2 aromatic heterocycles. The second-order valence-electron chi connectivity index (χ2n) is 18.1. The molecule has 66 heavy (non-hydrogen) atoms. The van der Waals surface area contributed by atoms with E-state index in [2.05, 4.69) is 31.7 Å². The van der Waals surface area contributed by atoms with Crippen molar-refractivity contribution in [1.82, 2.24) is 40.4 Å². The molecule has 1 saturated heterocycles. The van der Waals surface area contributed by atoms with Crippen molar-refractivity contribution < 1.29 is 46.2 Å². The molecular weight excluding hydrogens is 861 g/mol. The Morgan fingerprint density at radius 2 is 1.35 bits per heavy atom. The Labute approximate surface area is 377 Å². The second-order valence-corrected chi connectivity index (χ2v) is 18.1. The fourth-order valence-electron chi connectivity index (χ4n) is 9.95. The molecule has 0 spiro atoms. The van der Waals surface area contributed by atoms with E-state index in [1.54, 1.807) is 54.0 Å². The van der Waals surface area contributed by atoms with E-state index < -0.39 is 59.3 Å². The van der Waals surface area contributed by atoms with Gasteiger partial charge >= 0.3 is 24.0 Å². The number of piperidine rings is 1. The summed E-state index contributed by atoms with van der Waals surface area (Å²) in [6, 6.07) is 10.5. The average molecular weight is 911 g/mol. The van der Waals surface area contributed by atoms with Crippen LogP contribution in [-0.4, -0.2) is 92.6 Å². The van der Waals surface area contributed by atoms with Gasteiger partial charge in [0, 0.05) is 23.2 Å². The van der Waals surface area contributed by atoms with Crippen LogP contribution in [0.2, 0.25) is 0 Å². The summed E-state index contributed by atoms with van der Waals surface area (Å²) >= 11 is 0. The predicted octanol–water partition coefficient (Wildman–Crippen LogP) is 8.88. The van der Waals surface area contributed by atoms with Gasteiger partial charge in [-0.05, 0) is 89.6 Å². The van der Waals surface area contributed by atoms with Gasteiger partial charge in [0.25, 0.3) is 0 Å². The molecule has 4 aliphatic rings. The summed E-state index contributed by atoms with van der Waals surface area (Å²) in [6.07, 6.45) is 4.77. The zero-order valence-corrected chi connectivity index (χ0v) is 37.2. The highest BCUT2D eigenvalue weighted by atomic mass is 19.3. The lowest BCUT2D eigenvalue weighted by Crippen LogP contribution is -2.54. The molecule has 2 aliphatic heterocycles. The molecule has 5 aromatic rings. The van der Waals surface area contributed by atoms with Crippen LogP contribution in [0.4, 0.5) is 27.2 Å². The number of rotatable bonds is 10. The van der Waals surface area contributed by atoms with Crippen LogP contribution in [0, 0.1) is 11.8 Å². The number of alkyl carbamates (subject to hydrolysis) is 2. The molecule has 2 aliphatic carbocycles. The van der Waals surface area contributed by atoms with E-state index in [0.717, 1.165) is 30.5 Å². The lowest BCUT2D eigenvalue weighted by atomic mass is 9.78. The number of carbonyl (C=O) groups is 4. The molecule has 346 valence electrons. The van der Waals surface area contributed by atoms with E-state index in [1.807, 2.05) is 13.8 Å². The first-order valence-electron chi connectivity index (χ1n) is 22.1. The maximum Gasteiger partial charge on any atom is 0.407 e. The lowest BCUT2D eigenvalue weighted by molar-refractivity contribution is -0.225. The lowest BCUT2D eigenvalue weighted by Gasteiger charge is -2.37. The number of H-pyrrole nitrogens is 2. The van der Waals surface area contributed by atoms with Crippen molar-refractivity contribution in [1.29, 1.82) is 0 Å². The molecule has 4 heterocycles. The third-order valence-electron chi connectivity index (χ3n) is 13.4. The molecular formula is C48H50F4N8O6. The van der Waals surface area contributed by atoms with Crippen molar-refractivity contribution in [2.45, 2.75) is 95.4 Å². The number of carbonyl (C=O) groups excluding carboxylic acids is 4. The number of hydrogen-bond acceptors (Lipinski definition) is 8. The van der Waals surface area contributed by atoms with Crippen molar-refractivity contribution in [2.24, 2.45) is 11.8 Å². The normalized spacial score (nSPS) is 21.1. The first kappa shape index (κ1) is 44.5. The van der Waals surface area contributed by atoms with Crippen LogP contribution in [0.1, 0.15) is 88.2 Å². The Balaban J connectivity index is 0.987. The van der Waals surface area contributed by atoms with Gasteiger partial charge in [-0.15, -0.1) is 0 Å². The number of halogens is 4. The number of aromatic nitrogens is 4. The number of hydrogen-bond donors (Lipinski definition) is 4. The molecule has 4 amide bonds. The number of methoxy groups -OCH3 is 2. The summed E-state index contributed by atoms with van der Waals surface area (Å²) in [6.45, 7) is 7.68. The van der Waals surface area contributed by atoms with Gasteiger partial charge in [0.2, 0.25) is 11.8 Å². The number of aromatic amines is 2. The van der Waals surface area contributed by atoms with Crippen molar-refractivity contribution in [3.05, 3.63) is 95.2 Å². The van der Waals surface area contributed by atoms with E-state index in [0.29, 0.717) is 58.9 Å². The molecule has 1 fully saturated rings. The maximum absolute atomic E-state index is 16.3. The van der Waals surface area contributed by atoms with Crippen LogP contribution in [0.25, 0.3) is 44.5 Å². The molecule has 14 nitrogen and oxygen atoms in total. The van der Waals surface area contributed by atoms with Crippen LogP contribution in [-0.2, 0) is 30.9 Å². The van der Waals surface area contributed by atoms with E-state index in [4.69, 9.17) is 14.5 Å². The van der Waals surface area contributed by atoms with Gasteiger partial charge in [-0.1, -0.05) is 64.1 Å². The molecule has 0 radical (unpaired) electrons. The molecule has 0 unspecified atom stereocenters. The molecule has 9 rings (SSSR count). The van der Waals surface area contributed by atoms with E-state index in [-0.39, 0.29) is 46.4 Å². The number of nitrogens with zero attached hydrogens (tertiary/aromatic N) is 4. The summed E-state index contributed by atoms with van der Waals surface area (Å²) in [5.74, 6) is -9.35. The smallest absolute Gasteiger partial charge is 0.407 e. The molecule has 4 N–H and O–H groups in total. The monoisotopic (exact) mass is 910 g/mol. The van der Waals surface area contributed by atoms with Gasteiger partial charge in [-0.3, -0.25) is 9.59 Å². The van der Waals surface area contributed by atoms with Crippen molar-refractivity contribution in [3.63, 3.8) is 0 Å². The molecule has 18 heteroatoms. The number of benzene rings is 3. The number of likely N-dealkylation sites (tertiary alicyclic amines) is 2. The number of ether oxygens (including phenoxy) is 2. The summed E-state index contributed by atoms with van der Waals surface area (Å²) < 4.78 is 74.7. The Hall–Kier alpha value is -6.72. The highest BCUT2D eigenvalue weighted by Crippen LogP contribution is 2.59. The first-order chi connectivity index (χ1) is 31.4. The first-order valence-corrected chi connectivity index (χ1v) is 22.1. The van der Waals surface area contributed by atoms with Crippen LogP contribution in [0.3, 0.4) is 0 Å². The average Bonchev–Trinajstić information content (AvgIpc) is 4.17. The summed E-state index contributed by atoms with van der Waals surface area (Å²) in [5.41, 5.74) is 1.74. The van der Waals surface area contributed by atoms with Gasteiger partial charge in [0.1, 0.15) is 29.8 Å². The van der Waals surface area contributed by atoms with Gasteiger partial charge in [0.05, 0.1) is 49.2 Å². The largest absolute Gasteiger partial charge is 0.453 e. The maximum atomic E-state index is 16.3. The number of amides is 4. The Bertz CT molecular complexity index is 2800. The summed E-state index contributed by atoms with van der Waals surface area (Å²) in [7, 11) is 2.45. The fraction of sp³-hybridized carbons (Fsp3) is 0.417. The zero-order chi connectivity index (χ0) is 47.0. The summed E-state index contributed by atoms with van der Waals surface area (Å²) in [5, 5.41) is 5.27. The zero-order valence-electron chi connectivity index (χ0n) is 37.2. The Morgan fingerprint density at radius 1 is 0.758 bits per heavy atom. The van der Waals surface area contributed by atoms with Gasteiger partial charge in [-0.25, -0.2) is 19.6 Å². The predicted molar refractivity (Wildman–Crippen MR) is 235 cm³/mol.